The Hall–Kier alpha value is -1.63. The van der Waals surface area contributed by atoms with Crippen LogP contribution in [0.25, 0.3) is 0 Å². The Bertz CT molecular complexity index is 779. The second-order valence-corrected chi connectivity index (χ2v) is 8.73. The lowest BCUT2D eigenvalue weighted by molar-refractivity contribution is 0.00933. The minimum Gasteiger partial charge on any atom is -0.468 e. The van der Waals surface area contributed by atoms with E-state index >= 15 is 0 Å². The average molecular weight is 349 g/mol. The monoisotopic (exact) mass is 349 g/mol. The summed E-state index contributed by atoms with van der Waals surface area (Å²) in [6.45, 7) is 3.14. The van der Waals surface area contributed by atoms with Gasteiger partial charge in [0.1, 0.15) is 5.76 Å². The van der Waals surface area contributed by atoms with Gasteiger partial charge in [0, 0.05) is 12.8 Å². The molecule has 1 aromatic carbocycles. The average Bonchev–Trinajstić information content (AvgIpc) is 3.17. The van der Waals surface area contributed by atoms with E-state index in [1.54, 1.807) is 37.5 Å². The highest BCUT2D eigenvalue weighted by atomic mass is 32.2. The second kappa shape index (κ2) is 6.35. The fourth-order valence-electron chi connectivity index (χ4n) is 3.37. The van der Waals surface area contributed by atoms with Crippen LogP contribution in [0, 0.1) is 0 Å². The summed E-state index contributed by atoms with van der Waals surface area (Å²) in [5, 5.41) is 10.9. The molecule has 1 aromatic heterocycles. The summed E-state index contributed by atoms with van der Waals surface area (Å²) in [5.41, 5.74) is -0.356. The van der Waals surface area contributed by atoms with Gasteiger partial charge in [-0.05, 0) is 56.1 Å². The molecule has 2 atom stereocenters. The molecule has 5 nitrogen and oxygen atoms in total. The molecular formula is C18H23NO4S. The Morgan fingerprint density at radius 1 is 1.29 bits per heavy atom. The third-order valence-electron chi connectivity index (χ3n) is 4.65. The molecule has 0 spiro atoms. The summed E-state index contributed by atoms with van der Waals surface area (Å²) in [5.74, 6) is 0.927. The maximum Gasteiger partial charge on any atom is 0.175 e. The molecular weight excluding hydrogens is 326 g/mol. The molecule has 3 rings (SSSR count). The third-order valence-corrected chi connectivity index (χ3v) is 5.78. The van der Waals surface area contributed by atoms with Crippen molar-refractivity contribution in [2.24, 2.45) is 0 Å². The van der Waals surface area contributed by atoms with Gasteiger partial charge in [-0.2, -0.15) is 0 Å². The van der Waals surface area contributed by atoms with Crippen molar-refractivity contribution >= 4 is 9.84 Å². The highest BCUT2D eigenvalue weighted by Gasteiger charge is 2.34. The van der Waals surface area contributed by atoms with Crippen LogP contribution in [0.3, 0.4) is 0 Å². The van der Waals surface area contributed by atoms with E-state index in [-0.39, 0.29) is 10.9 Å². The van der Waals surface area contributed by atoms with Gasteiger partial charge in [0.15, 0.2) is 9.84 Å². The maximum absolute atomic E-state index is 11.6. The first-order chi connectivity index (χ1) is 11.3. The molecule has 0 saturated carbocycles. The smallest absolute Gasteiger partial charge is 0.175 e. The first-order valence-corrected chi connectivity index (χ1v) is 9.97. The fourth-order valence-corrected chi connectivity index (χ4v) is 4.00. The SMILES string of the molecule is C[C@](O)(CN1CCC[C@H]1c1ccco1)c1ccc(S(C)(=O)=O)cc1. The Morgan fingerprint density at radius 3 is 2.58 bits per heavy atom. The maximum atomic E-state index is 11.6. The standard InChI is InChI=1S/C18H23NO4S/c1-18(20,14-7-9-15(10-8-14)24(2,21)22)13-19-11-3-5-16(19)17-6-4-12-23-17/h4,6-10,12,16,20H,3,5,11,13H2,1-2H3/t16-,18-/m0/s1. The molecule has 0 bridgehead atoms. The number of nitrogens with zero attached hydrogens (tertiary/aromatic N) is 1. The van der Waals surface area contributed by atoms with Crippen molar-refractivity contribution in [2.45, 2.75) is 36.3 Å². The van der Waals surface area contributed by atoms with Crippen molar-refractivity contribution in [2.75, 3.05) is 19.3 Å². The van der Waals surface area contributed by atoms with E-state index in [9.17, 15) is 13.5 Å². The molecule has 2 aromatic rings. The number of hydrogen-bond donors (Lipinski definition) is 1. The number of likely N-dealkylation sites (tertiary alicyclic amines) is 1. The van der Waals surface area contributed by atoms with Gasteiger partial charge in [-0.15, -0.1) is 0 Å². The molecule has 1 N–H and O–H groups in total. The highest BCUT2D eigenvalue weighted by Crippen LogP contribution is 2.35. The quantitative estimate of drug-likeness (QED) is 0.899. The lowest BCUT2D eigenvalue weighted by Crippen LogP contribution is -2.38. The van der Waals surface area contributed by atoms with Crippen molar-refractivity contribution in [1.82, 2.24) is 4.90 Å². The summed E-state index contributed by atoms with van der Waals surface area (Å²) >= 11 is 0. The van der Waals surface area contributed by atoms with Gasteiger partial charge in [-0.3, -0.25) is 4.90 Å². The van der Waals surface area contributed by atoms with E-state index < -0.39 is 15.4 Å². The third kappa shape index (κ3) is 3.55. The molecule has 1 aliphatic rings. The zero-order valence-corrected chi connectivity index (χ0v) is 14.8. The van der Waals surface area contributed by atoms with Crippen LogP contribution in [0.4, 0.5) is 0 Å². The predicted octanol–water partition coefficient (Wildman–Crippen LogP) is 2.73. The number of β-amino-alcohol motifs (C(OH)–C–C–N with tert-alkyl or cyclic N) is 1. The molecule has 0 aliphatic carbocycles. The lowest BCUT2D eigenvalue weighted by Gasteiger charge is -2.32. The molecule has 2 heterocycles. The largest absolute Gasteiger partial charge is 0.468 e. The van der Waals surface area contributed by atoms with Crippen molar-refractivity contribution in [1.29, 1.82) is 0 Å². The van der Waals surface area contributed by atoms with E-state index in [2.05, 4.69) is 4.90 Å². The number of sulfone groups is 1. The minimum absolute atomic E-state index is 0.182. The Labute approximate surface area is 142 Å². The van der Waals surface area contributed by atoms with Crippen molar-refractivity contribution < 1.29 is 17.9 Å². The van der Waals surface area contributed by atoms with Gasteiger partial charge >= 0.3 is 0 Å². The van der Waals surface area contributed by atoms with Crippen LogP contribution in [0.1, 0.15) is 37.1 Å². The molecule has 1 aliphatic heterocycles. The zero-order chi connectivity index (χ0) is 17.4. The fraction of sp³-hybridized carbons (Fsp3) is 0.444. The van der Waals surface area contributed by atoms with E-state index in [1.165, 1.54) is 6.26 Å². The normalized spacial score (nSPS) is 21.7. The first kappa shape index (κ1) is 17.2. The molecule has 1 saturated heterocycles. The minimum atomic E-state index is -3.23. The van der Waals surface area contributed by atoms with E-state index in [1.807, 2.05) is 12.1 Å². The van der Waals surface area contributed by atoms with Gasteiger partial charge in [0.05, 0.1) is 22.8 Å². The number of furan rings is 1. The Kier molecular flexibility index (Phi) is 4.55. The number of rotatable bonds is 5. The van der Waals surface area contributed by atoms with Gasteiger partial charge in [-0.1, -0.05) is 12.1 Å². The number of hydrogen-bond acceptors (Lipinski definition) is 5. The molecule has 6 heteroatoms. The number of benzene rings is 1. The van der Waals surface area contributed by atoms with Crippen LogP contribution in [0.5, 0.6) is 0 Å². The molecule has 0 unspecified atom stereocenters. The summed E-state index contributed by atoms with van der Waals surface area (Å²) in [7, 11) is -3.23. The summed E-state index contributed by atoms with van der Waals surface area (Å²) in [4.78, 5) is 2.49. The summed E-state index contributed by atoms with van der Waals surface area (Å²) in [6.07, 6.45) is 4.93. The predicted molar refractivity (Wildman–Crippen MR) is 91.4 cm³/mol. The molecule has 130 valence electrons. The molecule has 0 amide bonds. The van der Waals surface area contributed by atoms with E-state index in [4.69, 9.17) is 4.42 Å². The van der Waals surface area contributed by atoms with Crippen LogP contribution in [-0.2, 0) is 15.4 Å². The molecule has 0 radical (unpaired) electrons. The highest BCUT2D eigenvalue weighted by molar-refractivity contribution is 7.90. The molecule has 24 heavy (non-hydrogen) atoms. The second-order valence-electron chi connectivity index (χ2n) is 6.71. The van der Waals surface area contributed by atoms with Crippen LogP contribution >= 0.6 is 0 Å². The van der Waals surface area contributed by atoms with Crippen LogP contribution < -0.4 is 0 Å². The van der Waals surface area contributed by atoms with Gasteiger partial charge in [0.2, 0.25) is 0 Å². The summed E-state index contributed by atoms with van der Waals surface area (Å²) < 4.78 is 28.7. The first-order valence-electron chi connectivity index (χ1n) is 8.08. The lowest BCUT2D eigenvalue weighted by atomic mass is 9.95. The van der Waals surface area contributed by atoms with Gasteiger partial charge in [-0.25, -0.2) is 8.42 Å². The Morgan fingerprint density at radius 2 is 2.00 bits per heavy atom. The molecule has 1 fully saturated rings. The van der Waals surface area contributed by atoms with Gasteiger partial charge in [0.25, 0.3) is 0 Å². The van der Waals surface area contributed by atoms with E-state index in [0.717, 1.165) is 25.1 Å². The summed E-state index contributed by atoms with van der Waals surface area (Å²) in [6, 6.07) is 10.5. The van der Waals surface area contributed by atoms with Crippen molar-refractivity contribution in [3.05, 3.63) is 54.0 Å². The Balaban J connectivity index is 1.78. The zero-order valence-electron chi connectivity index (χ0n) is 14.0. The van der Waals surface area contributed by atoms with Gasteiger partial charge < -0.3 is 9.52 Å². The van der Waals surface area contributed by atoms with Crippen molar-refractivity contribution in [3.8, 4) is 0 Å². The topological polar surface area (TPSA) is 70.8 Å². The van der Waals surface area contributed by atoms with Crippen molar-refractivity contribution in [3.63, 3.8) is 0 Å². The van der Waals surface area contributed by atoms with Crippen LogP contribution in [0.15, 0.2) is 52.0 Å². The van der Waals surface area contributed by atoms with Crippen LogP contribution in [-0.4, -0.2) is 37.8 Å². The van der Waals surface area contributed by atoms with Crippen LogP contribution in [0.2, 0.25) is 0 Å². The van der Waals surface area contributed by atoms with E-state index in [0.29, 0.717) is 12.1 Å². The number of aliphatic hydroxyl groups is 1.